The zero-order chi connectivity index (χ0) is 19.2. The van der Waals surface area contributed by atoms with Gasteiger partial charge in [0.1, 0.15) is 5.69 Å². The molecule has 0 bridgehead atoms. The molecule has 1 amide bonds. The maximum absolute atomic E-state index is 12.7. The molecule has 0 atom stereocenters. The summed E-state index contributed by atoms with van der Waals surface area (Å²) in [7, 11) is 0. The van der Waals surface area contributed by atoms with Gasteiger partial charge in [-0.15, -0.1) is 0 Å². The van der Waals surface area contributed by atoms with Gasteiger partial charge in [0.15, 0.2) is 0 Å². The lowest BCUT2D eigenvalue weighted by Crippen LogP contribution is -2.23. The van der Waals surface area contributed by atoms with Gasteiger partial charge in [-0.2, -0.15) is 0 Å². The van der Waals surface area contributed by atoms with Crippen LogP contribution in [0.5, 0.6) is 0 Å². The van der Waals surface area contributed by atoms with Gasteiger partial charge in [-0.05, 0) is 55.7 Å². The molecule has 1 N–H and O–H groups in total. The Bertz CT molecular complexity index is 922. The molecule has 27 heavy (non-hydrogen) atoms. The molecule has 1 aromatic heterocycles. The first-order chi connectivity index (χ1) is 13.1. The summed E-state index contributed by atoms with van der Waals surface area (Å²) in [6.45, 7) is 7.79. The number of amides is 1. The molecule has 0 unspecified atom stereocenters. The van der Waals surface area contributed by atoms with E-state index in [9.17, 15) is 4.79 Å². The molecule has 1 heterocycles. The van der Waals surface area contributed by atoms with Crippen LogP contribution in [0, 0.1) is 13.8 Å². The van der Waals surface area contributed by atoms with Gasteiger partial charge in [-0.1, -0.05) is 42.5 Å². The van der Waals surface area contributed by atoms with E-state index in [0.717, 1.165) is 35.6 Å². The van der Waals surface area contributed by atoms with Crippen LogP contribution >= 0.6 is 0 Å². The van der Waals surface area contributed by atoms with Gasteiger partial charge in [-0.3, -0.25) is 9.78 Å². The second-order valence-corrected chi connectivity index (χ2v) is 6.60. The van der Waals surface area contributed by atoms with Crippen molar-refractivity contribution in [2.45, 2.75) is 27.3 Å². The molecule has 138 valence electrons. The lowest BCUT2D eigenvalue weighted by Gasteiger charge is -2.23. The van der Waals surface area contributed by atoms with Gasteiger partial charge in [-0.25, -0.2) is 0 Å². The number of anilines is 2. The molecule has 3 aromatic rings. The standard InChI is InChI=1S/C23H25N3O/c1-4-26(16-19-10-6-5-7-11-19)20-13-14-24-22(15-20)23(27)25-21-12-8-9-17(2)18(21)3/h5-15H,4,16H2,1-3H3,(H,25,27). The van der Waals surface area contributed by atoms with Crippen molar-refractivity contribution in [3.05, 3.63) is 89.2 Å². The van der Waals surface area contributed by atoms with Crippen molar-refractivity contribution < 1.29 is 4.79 Å². The second kappa shape index (κ2) is 8.49. The number of pyridine rings is 1. The summed E-state index contributed by atoms with van der Waals surface area (Å²) in [5.41, 5.74) is 5.68. The maximum atomic E-state index is 12.7. The Labute approximate surface area is 160 Å². The van der Waals surface area contributed by atoms with Crippen molar-refractivity contribution in [2.75, 3.05) is 16.8 Å². The summed E-state index contributed by atoms with van der Waals surface area (Å²) in [5.74, 6) is -0.193. The van der Waals surface area contributed by atoms with E-state index in [1.165, 1.54) is 5.56 Å². The lowest BCUT2D eigenvalue weighted by molar-refractivity contribution is 0.102. The highest BCUT2D eigenvalue weighted by Gasteiger charge is 2.13. The van der Waals surface area contributed by atoms with Crippen molar-refractivity contribution in [3.8, 4) is 0 Å². The van der Waals surface area contributed by atoms with Crippen LogP contribution in [0.1, 0.15) is 34.1 Å². The SMILES string of the molecule is CCN(Cc1ccccc1)c1ccnc(C(=O)Nc2cccc(C)c2C)c1. The molecule has 2 aromatic carbocycles. The average Bonchev–Trinajstić information content (AvgIpc) is 2.70. The molecule has 4 heteroatoms. The predicted molar refractivity (Wildman–Crippen MR) is 111 cm³/mol. The molecule has 0 saturated carbocycles. The first kappa shape index (κ1) is 18.6. The molecule has 0 fully saturated rings. The minimum absolute atomic E-state index is 0.193. The van der Waals surface area contributed by atoms with E-state index in [2.05, 4.69) is 34.3 Å². The highest BCUT2D eigenvalue weighted by Crippen LogP contribution is 2.21. The summed E-state index contributed by atoms with van der Waals surface area (Å²) >= 11 is 0. The number of carbonyl (C=O) groups excluding carboxylic acids is 1. The van der Waals surface area contributed by atoms with E-state index < -0.39 is 0 Å². The molecule has 0 saturated heterocycles. The Morgan fingerprint density at radius 1 is 1.04 bits per heavy atom. The van der Waals surface area contributed by atoms with E-state index >= 15 is 0 Å². The van der Waals surface area contributed by atoms with E-state index in [1.54, 1.807) is 6.20 Å². The quantitative estimate of drug-likeness (QED) is 0.675. The Morgan fingerprint density at radius 3 is 2.56 bits per heavy atom. The Balaban J connectivity index is 1.79. The van der Waals surface area contributed by atoms with Crippen LogP contribution in [0.2, 0.25) is 0 Å². The van der Waals surface area contributed by atoms with Gasteiger partial charge < -0.3 is 10.2 Å². The van der Waals surface area contributed by atoms with Crippen molar-refractivity contribution in [1.29, 1.82) is 0 Å². The average molecular weight is 359 g/mol. The van der Waals surface area contributed by atoms with Gasteiger partial charge in [0.05, 0.1) is 0 Å². The number of benzene rings is 2. The first-order valence-electron chi connectivity index (χ1n) is 9.21. The van der Waals surface area contributed by atoms with Crippen LogP contribution in [-0.4, -0.2) is 17.4 Å². The fourth-order valence-corrected chi connectivity index (χ4v) is 3.00. The molecule has 0 aliphatic heterocycles. The van der Waals surface area contributed by atoms with Crippen LogP contribution in [0.25, 0.3) is 0 Å². The van der Waals surface area contributed by atoms with Gasteiger partial charge in [0.2, 0.25) is 0 Å². The Kier molecular flexibility index (Phi) is 5.87. The van der Waals surface area contributed by atoms with Crippen LogP contribution in [0.3, 0.4) is 0 Å². The van der Waals surface area contributed by atoms with Crippen LogP contribution in [0.15, 0.2) is 66.9 Å². The molecule has 4 nitrogen and oxygen atoms in total. The first-order valence-corrected chi connectivity index (χ1v) is 9.21. The van der Waals surface area contributed by atoms with E-state index in [1.807, 2.05) is 62.4 Å². The van der Waals surface area contributed by atoms with Crippen LogP contribution in [-0.2, 0) is 6.54 Å². The van der Waals surface area contributed by atoms with Gasteiger partial charge in [0.25, 0.3) is 5.91 Å². The molecule has 3 rings (SSSR count). The minimum atomic E-state index is -0.193. The molecule has 0 radical (unpaired) electrons. The van der Waals surface area contributed by atoms with Gasteiger partial charge >= 0.3 is 0 Å². The molecule has 0 spiro atoms. The number of nitrogens with zero attached hydrogens (tertiary/aromatic N) is 2. The number of hydrogen-bond donors (Lipinski definition) is 1. The summed E-state index contributed by atoms with van der Waals surface area (Å²) in [6, 6.07) is 20.0. The zero-order valence-electron chi connectivity index (χ0n) is 16.1. The summed E-state index contributed by atoms with van der Waals surface area (Å²) < 4.78 is 0. The second-order valence-electron chi connectivity index (χ2n) is 6.60. The van der Waals surface area contributed by atoms with E-state index in [-0.39, 0.29) is 5.91 Å². The fraction of sp³-hybridized carbons (Fsp3) is 0.217. The highest BCUT2D eigenvalue weighted by atomic mass is 16.1. The number of aromatic nitrogens is 1. The largest absolute Gasteiger partial charge is 0.367 e. The molecular formula is C23H25N3O. The zero-order valence-corrected chi connectivity index (χ0v) is 16.1. The third kappa shape index (κ3) is 4.53. The van der Waals surface area contributed by atoms with E-state index in [0.29, 0.717) is 5.69 Å². The molecule has 0 aliphatic carbocycles. The summed E-state index contributed by atoms with van der Waals surface area (Å²) in [6.07, 6.45) is 1.70. The van der Waals surface area contributed by atoms with Crippen molar-refractivity contribution >= 4 is 17.3 Å². The van der Waals surface area contributed by atoms with E-state index in [4.69, 9.17) is 0 Å². The number of aryl methyl sites for hydroxylation is 1. The fourth-order valence-electron chi connectivity index (χ4n) is 3.00. The molecule has 0 aliphatic rings. The Hall–Kier alpha value is -3.14. The highest BCUT2D eigenvalue weighted by molar-refractivity contribution is 6.03. The van der Waals surface area contributed by atoms with Crippen LogP contribution in [0.4, 0.5) is 11.4 Å². The number of carbonyl (C=O) groups is 1. The lowest BCUT2D eigenvalue weighted by atomic mass is 10.1. The summed E-state index contributed by atoms with van der Waals surface area (Å²) in [5, 5.41) is 2.98. The van der Waals surface area contributed by atoms with Crippen molar-refractivity contribution in [1.82, 2.24) is 4.98 Å². The maximum Gasteiger partial charge on any atom is 0.274 e. The van der Waals surface area contributed by atoms with Crippen molar-refractivity contribution in [3.63, 3.8) is 0 Å². The Morgan fingerprint density at radius 2 is 1.81 bits per heavy atom. The van der Waals surface area contributed by atoms with Gasteiger partial charge in [0, 0.05) is 30.7 Å². The topological polar surface area (TPSA) is 45.2 Å². The normalized spacial score (nSPS) is 10.5. The minimum Gasteiger partial charge on any atom is -0.367 e. The van der Waals surface area contributed by atoms with Crippen molar-refractivity contribution in [2.24, 2.45) is 0 Å². The third-order valence-corrected chi connectivity index (χ3v) is 4.79. The number of nitrogens with one attached hydrogen (secondary N) is 1. The number of rotatable bonds is 6. The summed E-state index contributed by atoms with van der Waals surface area (Å²) in [4.78, 5) is 19.2. The monoisotopic (exact) mass is 359 g/mol. The number of hydrogen-bond acceptors (Lipinski definition) is 3. The molecular weight excluding hydrogens is 334 g/mol. The smallest absolute Gasteiger partial charge is 0.274 e. The third-order valence-electron chi connectivity index (χ3n) is 4.79. The predicted octanol–water partition coefficient (Wildman–Crippen LogP) is 4.98. The van der Waals surface area contributed by atoms with Crippen LogP contribution < -0.4 is 10.2 Å².